The van der Waals surface area contributed by atoms with Gasteiger partial charge in [-0.15, -0.1) is 0 Å². The summed E-state index contributed by atoms with van der Waals surface area (Å²) in [5, 5.41) is 11.4. The van der Waals surface area contributed by atoms with E-state index in [1.165, 1.54) is 6.42 Å². The van der Waals surface area contributed by atoms with Crippen molar-refractivity contribution in [2.24, 2.45) is 0 Å². The fourth-order valence-corrected chi connectivity index (χ4v) is 3.20. The predicted molar refractivity (Wildman–Crippen MR) is 71.9 cm³/mol. The first-order valence-corrected chi connectivity index (χ1v) is 6.79. The molecule has 3 aliphatic heterocycles. The maximum atomic E-state index is 12.6. The van der Waals surface area contributed by atoms with Gasteiger partial charge in [0.1, 0.15) is 0 Å². The van der Waals surface area contributed by atoms with Crippen molar-refractivity contribution in [3.8, 4) is 0 Å². The van der Waals surface area contributed by atoms with Gasteiger partial charge in [0.25, 0.3) is 5.91 Å². The van der Waals surface area contributed by atoms with E-state index in [-0.39, 0.29) is 5.91 Å². The average Bonchev–Trinajstić information content (AvgIpc) is 2.95. The zero-order chi connectivity index (χ0) is 12.8. The molecule has 1 aromatic heterocycles. The number of piperidine rings is 2. The van der Waals surface area contributed by atoms with Crippen molar-refractivity contribution < 1.29 is 4.79 Å². The minimum atomic E-state index is 0.152. The second-order valence-electron chi connectivity index (χ2n) is 5.47. The van der Waals surface area contributed by atoms with Crippen LogP contribution in [0.5, 0.6) is 0 Å². The van der Waals surface area contributed by atoms with Crippen LogP contribution in [0.2, 0.25) is 0 Å². The Kier molecular flexibility index (Phi) is 2.35. The van der Waals surface area contributed by atoms with Gasteiger partial charge in [-0.3, -0.25) is 9.89 Å². The Morgan fingerprint density at radius 2 is 2.32 bits per heavy atom. The van der Waals surface area contributed by atoms with Crippen molar-refractivity contribution >= 4 is 16.8 Å². The topological polar surface area (TPSA) is 61.0 Å². The number of H-pyrrole nitrogens is 1. The van der Waals surface area contributed by atoms with Crippen molar-refractivity contribution in [1.29, 1.82) is 0 Å². The molecular weight excluding hydrogens is 240 g/mol. The number of rotatable bonds is 1. The Morgan fingerprint density at radius 1 is 1.37 bits per heavy atom. The highest BCUT2D eigenvalue weighted by Gasteiger charge is 2.36. The first-order chi connectivity index (χ1) is 9.31. The molecule has 19 heavy (non-hydrogen) atoms. The third kappa shape index (κ3) is 1.73. The standard InChI is InChI=1S/C14H16N4O/c19-14(18-8-11-2-3-12(18)7-15-11)9-1-4-13-10(5-9)6-16-17-13/h1,4-6,11-12,15H,2-3,7-8H2,(H,16,17). The number of hydrogen-bond donors (Lipinski definition) is 2. The van der Waals surface area contributed by atoms with Gasteiger partial charge < -0.3 is 10.2 Å². The number of carbonyl (C=O) groups is 1. The molecule has 0 radical (unpaired) electrons. The number of aromatic nitrogens is 2. The molecule has 0 saturated carbocycles. The van der Waals surface area contributed by atoms with E-state index >= 15 is 0 Å². The van der Waals surface area contributed by atoms with Crippen molar-refractivity contribution in [2.75, 3.05) is 13.1 Å². The Hall–Kier alpha value is -1.88. The van der Waals surface area contributed by atoms with Crippen LogP contribution >= 0.6 is 0 Å². The van der Waals surface area contributed by atoms with E-state index in [1.54, 1.807) is 6.20 Å². The van der Waals surface area contributed by atoms with Gasteiger partial charge in [-0.25, -0.2) is 0 Å². The van der Waals surface area contributed by atoms with E-state index in [4.69, 9.17) is 0 Å². The third-order valence-corrected chi connectivity index (χ3v) is 4.30. The number of aromatic amines is 1. The summed E-state index contributed by atoms with van der Waals surface area (Å²) >= 11 is 0. The van der Waals surface area contributed by atoms with Gasteiger partial charge in [-0.1, -0.05) is 0 Å². The molecule has 2 N–H and O–H groups in total. The first kappa shape index (κ1) is 11.0. The van der Waals surface area contributed by atoms with Crippen molar-refractivity contribution in [1.82, 2.24) is 20.4 Å². The van der Waals surface area contributed by atoms with Crippen LogP contribution in [0.15, 0.2) is 24.4 Å². The molecule has 2 aromatic rings. The summed E-state index contributed by atoms with van der Waals surface area (Å²) in [4.78, 5) is 14.7. The van der Waals surface area contributed by atoms with Crippen LogP contribution in [-0.4, -0.2) is 46.2 Å². The Balaban J connectivity index is 1.65. The monoisotopic (exact) mass is 256 g/mol. The van der Waals surface area contributed by atoms with Crippen LogP contribution in [0.4, 0.5) is 0 Å². The second-order valence-corrected chi connectivity index (χ2v) is 5.47. The summed E-state index contributed by atoms with van der Waals surface area (Å²) in [7, 11) is 0. The molecule has 2 bridgehead atoms. The molecule has 98 valence electrons. The van der Waals surface area contributed by atoms with Gasteiger partial charge in [-0.2, -0.15) is 5.10 Å². The molecule has 2 unspecified atom stereocenters. The number of benzene rings is 1. The summed E-state index contributed by atoms with van der Waals surface area (Å²) in [5.41, 5.74) is 1.74. The van der Waals surface area contributed by atoms with Crippen LogP contribution in [0, 0.1) is 0 Å². The highest BCUT2D eigenvalue weighted by Crippen LogP contribution is 2.24. The lowest BCUT2D eigenvalue weighted by Gasteiger charge is -2.46. The summed E-state index contributed by atoms with van der Waals surface area (Å²) in [6, 6.07) is 6.58. The largest absolute Gasteiger partial charge is 0.333 e. The Bertz CT molecular complexity index is 627. The lowest BCUT2D eigenvalue weighted by molar-refractivity contribution is 0.0441. The molecule has 4 heterocycles. The highest BCUT2D eigenvalue weighted by molar-refractivity contribution is 5.98. The number of nitrogens with one attached hydrogen (secondary N) is 2. The highest BCUT2D eigenvalue weighted by atomic mass is 16.2. The molecule has 2 atom stereocenters. The molecule has 3 aliphatic rings. The number of amides is 1. The maximum absolute atomic E-state index is 12.6. The first-order valence-electron chi connectivity index (χ1n) is 6.79. The van der Waals surface area contributed by atoms with E-state index in [0.717, 1.165) is 36.0 Å². The van der Waals surface area contributed by atoms with Crippen LogP contribution in [0.25, 0.3) is 10.9 Å². The molecule has 3 saturated heterocycles. The SMILES string of the molecule is O=C(c1ccc2[nH]ncc2c1)N1CC2CCC1CN2. The molecule has 5 heteroatoms. The van der Waals surface area contributed by atoms with Crippen molar-refractivity contribution in [3.05, 3.63) is 30.0 Å². The second kappa shape index (κ2) is 4.06. The molecular formula is C14H16N4O. The van der Waals surface area contributed by atoms with Crippen LogP contribution in [0.3, 0.4) is 0 Å². The quantitative estimate of drug-likeness (QED) is 0.804. The van der Waals surface area contributed by atoms with E-state index < -0.39 is 0 Å². The van der Waals surface area contributed by atoms with Crippen molar-refractivity contribution in [2.45, 2.75) is 24.9 Å². The average molecular weight is 256 g/mol. The fourth-order valence-electron chi connectivity index (χ4n) is 3.20. The minimum Gasteiger partial charge on any atom is -0.333 e. The van der Waals surface area contributed by atoms with Gasteiger partial charge in [0.2, 0.25) is 0 Å². The van der Waals surface area contributed by atoms with Crippen LogP contribution < -0.4 is 5.32 Å². The fraction of sp³-hybridized carbons (Fsp3) is 0.429. The molecule has 0 spiro atoms. The molecule has 5 rings (SSSR count). The Morgan fingerprint density at radius 3 is 3.05 bits per heavy atom. The zero-order valence-corrected chi connectivity index (χ0v) is 10.6. The maximum Gasteiger partial charge on any atom is 0.254 e. The molecule has 3 fully saturated rings. The summed E-state index contributed by atoms with van der Waals surface area (Å²) in [6.45, 7) is 1.78. The van der Waals surface area contributed by atoms with Gasteiger partial charge in [0.05, 0.1) is 11.7 Å². The van der Waals surface area contributed by atoms with E-state index in [2.05, 4.69) is 15.5 Å². The summed E-state index contributed by atoms with van der Waals surface area (Å²) < 4.78 is 0. The number of hydrogen-bond acceptors (Lipinski definition) is 3. The van der Waals surface area contributed by atoms with E-state index in [1.807, 2.05) is 23.1 Å². The van der Waals surface area contributed by atoms with Crippen molar-refractivity contribution in [3.63, 3.8) is 0 Å². The van der Waals surface area contributed by atoms with Crippen LogP contribution in [0.1, 0.15) is 23.2 Å². The normalized spacial score (nSPS) is 26.0. The molecule has 1 aromatic carbocycles. The van der Waals surface area contributed by atoms with Gasteiger partial charge in [0, 0.05) is 36.1 Å². The third-order valence-electron chi connectivity index (χ3n) is 4.30. The Labute approximate surface area is 111 Å². The van der Waals surface area contributed by atoms with E-state index in [0.29, 0.717) is 12.1 Å². The number of piperazine rings is 1. The van der Waals surface area contributed by atoms with Gasteiger partial charge >= 0.3 is 0 Å². The van der Waals surface area contributed by atoms with Crippen LogP contribution in [-0.2, 0) is 0 Å². The summed E-state index contributed by atoms with van der Waals surface area (Å²) in [5.74, 6) is 0.152. The van der Waals surface area contributed by atoms with Gasteiger partial charge in [-0.05, 0) is 31.0 Å². The lowest BCUT2D eigenvalue weighted by Crippen LogP contribution is -2.62. The zero-order valence-electron chi connectivity index (χ0n) is 10.6. The number of nitrogens with zero attached hydrogens (tertiary/aromatic N) is 2. The molecule has 1 amide bonds. The minimum absolute atomic E-state index is 0.152. The van der Waals surface area contributed by atoms with Gasteiger partial charge in [0.15, 0.2) is 0 Å². The smallest absolute Gasteiger partial charge is 0.254 e. The predicted octanol–water partition coefficient (Wildman–Crippen LogP) is 1.14. The van der Waals surface area contributed by atoms with E-state index in [9.17, 15) is 4.79 Å². The number of fused-ring (bicyclic) bond motifs is 4. The molecule has 5 nitrogen and oxygen atoms in total. The lowest BCUT2D eigenvalue weighted by atomic mass is 9.92. The summed E-state index contributed by atoms with van der Waals surface area (Å²) in [6.07, 6.45) is 4.07. The molecule has 0 aliphatic carbocycles. The number of carbonyl (C=O) groups excluding carboxylic acids is 1.